The number of hydrogen-bond acceptors (Lipinski definition) is 6. The summed E-state index contributed by atoms with van der Waals surface area (Å²) < 4.78 is 12.6. The number of imidazole rings is 1. The van der Waals surface area contributed by atoms with Crippen LogP contribution in [0.4, 0.5) is 5.82 Å². The molecule has 1 fully saturated rings. The number of nitrogens with one attached hydrogen (secondary N) is 1. The van der Waals surface area contributed by atoms with Crippen molar-refractivity contribution in [2.45, 2.75) is 12.3 Å². The van der Waals surface area contributed by atoms with Crippen molar-refractivity contribution in [2.75, 3.05) is 33.0 Å². The lowest BCUT2D eigenvalue weighted by Crippen LogP contribution is -2.10. The minimum Gasteiger partial charge on any atom is -0.497 e. The van der Waals surface area contributed by atoms with E-state index < -0.39 is 0 Å². The van der Waals surface area contributed by atoms with Gasteiger partial charge in [0, 0.05) is 36.5 Å². The topological polar surface area (TPSA) is 86.7 Å². The maximum absolute atomic E-state index is 6.13. The van der Waals surface area contributed by atoms with Gasteiger partial charge in [0.1, 0.15) is 28.5 Å². The molecule has 3 N–H and O–H groups in total. The van der Waals surface area contributed by atoms with E-state index in [-0.39, 0.29) is 0 Å². The number of anilines is 1. The van der Waals surface area contributed by atoms with Crippen LogP contribution in [0.2, 0.25) is 0 Å². The zero-order valence-corrected chi connectivity index (χ0v) is 15.3. The quantitative estimate of drug-likeness (QED) is 0.690. The number of rotatable bonds is 3. The fraction of sp³-hybridized carbons (Fsp3) is 0.300. The molecule has 7 nitrogen and oxygen atoms in total. The number of fused-ring (bicyclic) bond motifs is 1. The van der Waals surface area contributed by atoms with Crippen molar-refractivity contribution in [2.24, 2.45) is 0 Å². The molecular weight excluding hydrogens is 342 g/mol. The summed E-state index contributed by atoms with van der Waals surface area (Å²) in [4.78, 5) is 9.01. The van der Waals surface area contributed by atoms with E-state index in [0.717, 1.165) is 36.4 Å². The highest BCUT2D eigenvalue weighted by Gasteiger charge is 2.23. The molecule has 1 aliphatic heterocycles. The van der Waals surface area contributed by atoms with E-state index in [0.29, 0.717) is 28.9 Å². The molecule has 3 heterocycles. The lowest BCUT2D eigenvalue weighted by molar-refractivity contribution is 0.394. The van der Waals surface area contributed by atoms with Crippen molar-refractivity contribution < 1.29 is 9.47 Å². The molecule has 0 saturated carbocycles. The van der Waals surface area contributed by atoms with E-state index in [1.807, 2.05) is 28.8 Å². The van der Waals surface area contributed by atoms with Crippen LogP contribution in [-0.4, -0.2) is 41.7 Å². The summed E-state index contributed by atoms with van der Waals surface area (Å²) in [5.41, 5.74) is 8.29. The molecule has 1 unspecified atom stereocenters. The fourth-order valence-corrected chi connectivity index (χ4v) is 3.35. The first kappa shape index (κ1) is 17.2. The van der Waals surface area contributed by atoms with Crippen molar-refractivity contribution >= 4 is 11.3 Å². The molecule has 4 rings (SSSR count). The van der Waals surface area contributed by atoms with E-state index in [1.54, 1.807) is 20.4 Å². The molecule has 7 heteroatoms. The summed E-state index contributed by atoms with van der Waals surface area (Å²) >= 11 is 0. The Morgan fingerprint density at radius 2 is 1.96 bits per heavy atom. The SMILES string of the molecule is COc1cc(C#Cc2nc(C3CCNC3)n3ccnc(N)c23)cc(OC)c1. The maximum atomic E-state index is 6.13. The molecule has 1 aromatic carbocycles. The monoisotopic (exact) mass is 363 g/mol. The van der Waals surface area contributed by atoms with E-state index >= 15 is 0 Å². The molecule has 0 aliphatic carbocycles. The fourth-order valence-electron chi connectivity index (χ4n) is 3.35. The second kappa shape index (κ2) is 7.17. The molecule has 2 aromatic heterocycles. The van der Waals surface area contributed by atoms with Crippen LogP contribution in [0.15, 0.2) is 30.6 Å². The maximum Gasteiger partial charge on any atom is 0.150 e. The Labute approximate surface area is 157 Å². The Balaban J connectivity index is 1.80. The van der Waals surface area contributed by atoms with Crippen LogP contribution in [0.1, 0.15) is 29.4 Å². The summed E-state index contributed by atoms with van der Waals surface area (Å²) in [5.74, 6) is 9.42. The predicted octanol–water partition coefficient (Wildman–Crippen LogP) is 1.81. The average molecular weight is 363 g/mol. The van der Waals surface area contributed by atoms with Crippen molar-refractivity contribution in [3.63, 3.8) is 0 Å². The van der Waals surface area contributed by atoms with E-state index in [1.165, 1.54) is 0 Å². The third-order valence-electron chi connectivity index (χ3n) is 4.71. The van der Waals surface area contributed by atoms with Gasteiger partial charge in [-0.25, -0.2) is 9.97 Å². The third kappa shape index (κ3) is 3.27. The van der Waals surface area contributed by atoms with Crippen molar-refractivity contribution in [1.29, 1.82) is 0 Å². The standard InChI is InChI=1S/C20H21N5O2/c1-26-15-9-13(10-16(11-15)27-2)3-4-17-18-19(21)23-7-8-25(18)20(24-17)14-5-6-22-12-14/h7-11,14,22H,5-6,12H2,1-2H3,(H2,21,23). The minimum absolute atomic E-state index is 0.340. The summed E-state index contributed by atoms with van der Waals surface area (Å²) in [5, 5.41) is 3.38. The molecule has 0 spiro atoms. The molecule has 138 valence electrons. The second-order valence-electron chi connectivity index (χ2n) is 6.39. The molecule has 27 heavy (non-hydrogen) atoms. The Hall–Kier alpha value is -3.24. The van der Waals surface area contributed by atoms with Gasteiger partial charge >= 0.3 is 0 Å². The number of ether oxygens (including phenoxy) is 2. The van der Waals surface area contributed by atoms with E-state index in [9.17, 15) is 0 Å². The number of aromatic nitrogens is 3. The van der Waals surface area contributed by atoms with Gasteiger partial charge in [0.05, 0.1) is 14.2 Å². The smallest absolute Gasteiger partial charge is 0.150 e. The summed E-state index contributed by atoms with van der Waals surface area (Å²) in [6.07, 6.45) is 4.63. The van der Waals surface area contributed by atoms with Crippen molar-refractivity contribution in [3.8, 4) is 23.3 Å². The van der Waals surface area contributed by atoms with Gasteiger partial charge < -0.3 is 20.5 Å². The number of nitrogen functional groups attached to an aromatic ring is 1. The zero-order chi connectivity index (χ0) is 18.8. The van der Waals surface area contributed by atoms with Gasteiger partial charge in [0.2, 0.25) is 0 Å². The Morgan fingerprint density at radius 1 is 1.19 bits per heavy atom. The first-order valence-corrected chi connectivity index (χ1v) is 8.78. The Morgan fingerprint density at radius 3 is 2.63 bits per heavy atom. The Kier molecular flexibility index (Phi) is 4.57. The van der Waals surface area contributed by atoms with E-state index in [2.05, 4.69) is 22.1 Å². The van der Waals surface area contributed by atoms with Gasteiger partial charge in [0.25, 0.3) is 0 Å². The van der Waals surface area contributed by atoms with Crippen LogP contribution in [-0.2, 0) is 0 Å². The van der Waals surface area contributed by atoms with Gasteiger partial charge in [-0.3, -0.25) is 4.40 Å². The molecule has 0 amide bonds. The highest BCUT2D eigenvalue weighted by molar-refractivity contribution is 5.73. The van der Waals surface area contributed by atoms with Crippen LogP contribution in [0.3, 0.4) is 0 Å². The highest BCUT2D eigenvalue weighted by Crippen LogP contribution is 2.26. The number of nitrogens with two attached hydrogens (primary N) is 1. The van der Waals surface area contributed by atoms with Crippen LogP contribution in [0, 0.1) is 11.8 Å². The van der Waals surface area contributed by atoms with E-state index in [4.69, 9.17) is 20.2 Å². The van der Waals surface area contributed by atoms with Gasteiger partial charge in [-0.2, -0.15) is 0 Å². The zero-order valence-electron chi connectivity index (χ0n) is 15.3. The lowest BCUT2D eigenvalue weighted by atomic mass is 10.1. The summed E-state index contributed by atoms with van der Waals surface area (Å²) in [6.45, 7) is 1.89. The van der Waals surface area contributed by atoms with Gasteiger partial charge in [0.15, 0.2) is 5.82 Å². The predicted molar refractivity (Wildman–Crippen MR) is 103 cm³/mol. The normalized spacial score (nSPS) is 16.1. The number of nitrogens with zero attached hydrogens (tertiary/aromatic N) is 3. The van der Waals surface area contributed by atoms with Crippen molar-refractivity contribution in [1.82, 2.24) is 19.7 Å². The summed E-state index contributed by atoms with van der Waals surface area (Å²) in [6, 6.07) is 5.53. The highest BCUT2D eigenvalue weighted by atomic mass is 16.5. The largest absolute Gasteiger partial charge is 0.497 e. The van der Waals surface area contributed by atoms with Crippen LogP contribution in [0.5, 0.6) is 11.5 Å². The first-order chi connectivity index (χ1) is 13.2. The molecule has 3 aromatic rings. The van der Waals surface area contributed by atoms with Crippen LogP contribution < -0.4 is 20.5 Å². The number of benzene rings is 1. The molecule has 1 atom stereocenters. The van der Waals surface area contributed by atoms with Crippen LogP contribution >= 0.6 is 0 Å². The Bertz CT molecular complexity index is 1020. The molecule has 0 bridgehead atoms. The van der Waals surface area contributed by atoms with Gasteiger partial charge in [-0.05, 0) is 31.0 Å². The second-order valence-corrected chi connectivity index (χ2v) is 6.39. The molecule has 1 aliphatic rings. The minimum atomic E-state index is 0.340. The number of methoxy groups -OCH3 is 2. The summed E-state index contributed by atoms with van der Waals surface area (Å²) in [7, 11) is 3.23. The first-order valence-electron chi connectivity index (χ1n) is 8.78. The molecule has 1 saturated heterocycles. The van der Waals surface area contributed by atoms with Gasteiger partial charge in [-0.1, -0.05) is 5.92 Å². The average Bonchev–Trinajstić information content (AvgIpc) is 3.34. The van der Waals surface area contributed by atoms with Crippen LogP contribution in [0.25, 0.3) is 5.52 Å². The third-order valence-corrected chi connectivity index (χ3v) is 4.71. The molecular formula is C20H21N5O2. The number of hydrogen-bond donors (Lipinski definition) is 2. The van der Waals surface area contributed by atoms with Gasteiger partial charge in [-0.15, -0.1) is 0 Å². The van der Waals surface area contributed by atoms with Crippen molar-refractivity contribution in [3.05, 3.63) is 47.7 Å². The lowest BCUT2D eigenvalue weighted by Gasteiger charge is -2.06. The molecule has 0 radical (unpaired) electrons.